The monoisotopic (exact) mass is 216 g/mol. The minimum absolute atomic E-state index is 0.00250. The van der Waals surface area contributed by atoms with E-state index in [-0.39, 0.29) is 5.41 Å². The summed E-state index contributed by atoms with van der Waals surface area (Å²) in [6.45, 7) is 14.5. The molecule has 0 atom stereocenters. The van der Waals surface area contributed by atoms with Gasteiger partial charge >= 0.3 is 0 Å². The van der Waals surface area contributed by atoms with Gasteiger partial charge in [-0.05, 0) is 31.9 Å². The van der Waals surface area contributed by atoms with Crippen LogP contribution in [0, 0.1) is 5.41 Å². The molecular weight excluding hydrogens is 192 g/mol. The summed E-state index contributed by atoms with van der Waals surface area (Å²) in [5.74, 6) is 0. The van der Waals surface area contributed by atoms with Crippen molar-refractivity contribution in [2.75, 3.05) is 0 Å². The lowest BCUT2D eigenvalue weighted by atomic mass is 9.76. The topological polar surface area (TPSA) is 0 Å². The van der Waals surface area contributed by atoms with Crippen molar-refractivity contribution >= 4 is 0 Å². The molecule has 0 bridgehead atoms. The van der Waals surface area contributed by atoms with Crippen LogP contribution in [0.25, 0.3) is 0 Å². The van der Waals surface area contributed by atoms with Crippen LogP contribution < -0.4 is 0 Å². The molecule has 0 aliphatic rings. The van der Waals surface area contributed by atoms with Crippen molar-refractivity contribution in [2.45, 2.75) is 34.6 Å². The third kappa shape index (κ3) is 3.69. The zero-order valence-corrected chi connectivity index (χ0v) is 11.2. The van der Waals surface area contributed by atoms with Crippen LogP contribution >= 0.6 is 0 Å². The zero-order valence-electron chi connectivity index (χ0n) is 11.2. The lowest BCUT2D eigenvalue weighted by Crippen LogP contribution is -2.15. The summed E-state index contributed by atoms with van der Waals surface area (Å²) in [6, 6.07) is 0. The van der Waals surface area contributed by atoms with Crippen LogP contribution in [0.15, 0.2) is 60.3 Å². The summed E-state index contributed by atoms with van der Waals surface area (Å²) < 4.78 is 0. The van der Waals surface area contributed by atoms with E-state index in [4.69, 9.17) is 0 Å². The molecule has 0 spiro atoms. The summed E-state index contributed by atoms with van der Waals surface area (Å²) in [7, 11) is 0. The highest BCUT2D eigenvalue weighted by Gasteiger charge is 2.23. The first-order valence-corrected chi connectivity index (χ1v) is 5.79. The third-order valence-electron chi connectivity index (χ3n) is 2.79. The van der Waals surface area contributed by atoms with E-state index < -0.39 is 0 Å². The molecule has 0 saturated heterocycles. The lowest BCUT2D eigenvalue weighted by molar-refractivity contribution is 0.565. The molecule has 0 N–H and O–H groups in total. The van der Waals surface area contributed by atoms with E-state index in [9.17, 15) is 0 Å². The fraction of sp³-hybridized carbons (Fsp3) is 0.375. The van der Waals surface area contributed by atoms with Crippen LogP contribution in [0.3, 0.4) is 0 Å². The molecule has 0 saturated carbocycles. The molecule has 0 fully saturated rings. The van der Waals surface area contributed by atoms with E-state index >= 15 is 0 Å². The maximum atomic E-state index is 3.90. The van der Waals surface area contributed by atoms with Crippen molar-refractivity contribution in [3.8, 4) is 0 Å². The molecule has 0 amide bonds. The van der Waals surface area contributed by atoms with E-state index in [1.807, 2.05) is 26.0 Å². The average molecular weight is 216 g/mol. The fourth-order valence-electron chi connectivity index (χ4n) is 1.74. The van der Waals surface area contributed by atoms with E-state index in [1.54, 1.807) is 0 Å². The molecule has 88 valence electrons. The lowest BCUT2D eigenvalue weighted by Gasteiger charge is -2.28. The van der Waals surface area contributed by atoms with Gasteiger partial charge in [-0.3, -0.25) is 0 Å². The largest absolute Gasteiger partial charge is 0.0988 e. The predicted octanol–water partition coefficient (Wildman–Crippen LogP) is 5.22. The first-order chi connectivity index (χ1) is 7.54. The second-order valence-electron chi connectivity index (χ2n) is 4.22. The highest BCUT2D eigenvalue weighted by atomic mass is 14.3. The SMILES string of the molecule is C=C/C(=C\C=C/C)C(C)(C)C(/C=C\C)=C/C. The molecule has 0 aliphatic heterocycles. The Morgan fingerprint density at radius 3 is 2.00 bits per heavy atom. The summed E-state index contributed by atoms with van der Waals surface area (Å²) >= 11 is 0. The second kappa shape index (κ2) is 7.05. The first-order valence-electron chi connectivity index (χ1n) is 5.79. The first kappa shape index (κ1) is 14.7. The Kier molecular flexibility index (Phi) is 6.48. The predicted molar refractivity (Wildman–Crippen MR) is 75.4 cm³/mol. The number of hydrogen-bond donors (Lipinski definition) is 0. The van der Waals surface area contributed by atoms with Crippen molar-refractivity contribution in [1.29, 1.82) is 0 Å². The number of hydrogen-bond acceptors (Lipinski definition) is 0. The molecule has 0 nitrogen and oxygen atoms in total. The third-order valence-corrected chi connectivity index (χ3v) is 2.79. The van der Waals surface area contributed by atoms with Crippen molar-refractivity contribution in [3.05, 3.63) is 60.3 Å². The van der Waals surface area contributed by atoms with Gasteiger partial charge in [-0.1, -0.05) is 63.0 Å². The van der Waals surface area contributed by atoms with Gasteiger partial charge in [-0.2, -0.15) is 0 Å². The molecule has 16 heavy (non-hydrogen) atoms. The maximum absolute atomic E-state index is 3.90. The van der Waals surface area contributed by atoms with Gasteiger partial charge in [0.2, 0.25) is 0 Å². The van der Waals surface area contributed by atoms with E-state index in [2.05, 4.69) is 57.7 Å². The molecule has 0 heterocycles. The summed E-state index contributed by atoms with van der Waals surface area (Å²) in [5.41, 5.74) is 2.55. The number of rotatable bonds is 5. The summed E-state index contributed by atoms with van der Waals surface area (Å²) in [4.78, 5) is 0. The van der Waals surface area contributed by atoms with Gasteiger partial charge in [0.05, 0.1) is 0 Å². The summed E-state index contributed by atoms with van der Waals surface area (Å²) in [6.07, 6.45) is 14.5. The minimum atomic E-state index is 0.00250. The van der Waals surface area contributed by atoms with Crippen LogP contribution in [0.1, 0.15) is 34.6 Å². The molecule has 0 aromatic heterocycles. The average Bonchev–Trinajstić information content (AvgIpc) is 2.26. The van der Waals surface area contributed by atoms with Gasteiger partial charge in [-0.25, -0.2) is 0 Å². The fourth-order valence-corrected chi connectivity index (χ4v) is 1.74. The molecule has 0 radical (unpaired) electrons. The van der Waals surface area contributed by atoms with Gasteiger partial charge in [-0.15, -0.1) is 0 Å². The number of allylic oxidation sites excluding steroid dienone is 9. The second-order valence-corrected chi connectivity index (χ2v) is 4.22. The zero-order chi connectivity index (χ0) is 12.6. The molecule has 0 heteroatoms. The smallest absolute Gasteiger partial charge is 0.0142 e. The Hall–Kier alpha value is -1.30. The normalized spacial score (nSPS) is 15.1. The molecule has 0 aromatic rings. The standard InChI is InChI=1S/C16H24/c1-7-11-13-15(10-4)16(5,6)14(9-3)12-8-2/h7-13H,4H2,1-3,5-6H3/b11-7-,12-8-,14-9+,15-13+. The molecular formula is C16H24. The quantitative estimate of drug-likeness (QED) is 0.552. The minimum Gasteiger partial charge on any atom is -0.0988 e. The van der Waals surface area contributed by atoms with Gasteiger partial charge in [0.1, 0.15) is 0 Å². The van der Waals surface area contributed by atoms with E-state index in [0.717, 1.165) is 0 Å². The van der Waals surface area contributed by atoms with Crippen molar-refractivity contribution in [3.63, 3.8) is 0 Å². The van der Waals surface area contributed by atoms with E-state index in [1.165, 1.54) is 11.1 Å². The van der Waals surface area contributed by atoms with Gasteiger partial charge in [0, 0.05) is 5.41 Å². The van der Waals surface area contributed by atoms with Crippen LogP contribution in [-0.2, 0) is 0 Å². The van der Waals surface area contributed by atoms with Gasteiger partial charge in [0.15, 0.2) is 0 Å². The molecule has 0 rings (SSSR count). The van der Waals surface area contributed by atoms with Crippen LogP contribution in [0.5, 0.6) is 0 Å². The molecule has 0 aliphatic carbocycles. The van der Waals surface area contributed by atoms with Crippen LogP contribution in [0.4, 0.5) is 0 Å². The Morgan fingerprint density at radius 2 is 1.62 bits per heavy atom. The Labute approximate surface area is 101 Å². The summed E-state index contributed by atoms with van der Waals surface area (Å²) in [5, 5.41) is 0. The van der Waals surface area contributed by atoms with Gasteiger partial charge in [0.25, 0.3) is 0 Å². The highest BCUT2D eigenvalue weighted by molar-refractivity contribution is 5.40. The van der Waals surface area contributed by atoms with Crippen molar-refractivity contribution in [2.24, 2.45) is 5.41 Å². The van der Waals surface area contributed by atoms with E-state index in [0.29, 0.717) is 0 Å². The van der Waals surface area contributed by atoms with Crippen LogP contribution in [-0.4, -0.2) is 0 Å². The van der Waals surface area contributed by atoms with Crippen molar-refractivity contribution in [1.82, 2.24) is 0 Å². The maximum Gasteiger partial charge on any atom is 0.0142 e. The Bertz CT molecular complexity index is 333. The Balaban J connectivity index is 5.36. The molecule has 0 unspecified atom stereocenters. The molecule has 0 aromatic carbocycles. The van der Waals surface area contributed by atoms with Gasteiger partial charge < -0.3 is 0 Å². The highest BCUT2D eigenvalue weighted by Crippen LogP contribution is 2.36. The van der Waals surface area contributed by atoms with Crippen molar-refractivity contribution < 1.29 is 0 Å². The van der Waals surface area contributed by atoms with Crippen LogP contribution in [0.2, 0.25) is 0 Å². The Morgan fingerprint density at radius 1 is 1.00 bits per heavy atom.